The zero-order valence-corrected chi connectivity index (χ0v) is 10.1. The number of benzene rings is 1. The summed E-state index contributed by atoms with van der Waals surface area (Å²) >= 11 is 1.79. The Morgan fingerprint density at radius 2 is 1.87 bits per heavy atom. The third-order valence-electron chi connectivity index (χ3n) is 2.28. The van der Waals surface area contributed by atoms with Crippen LogP contribution in [0.5, 0.6) is 0 Å². The molecule has 3 heteroatoms. The van der Waals surface area contributed by atoms with Crippen molar-refractivity contribution in [3.05, 3.63) is 29.8 Å². The van der Waals surface area contributed by atoms with Crippen molar-refractivity contribution in [3.63, 3.8) is 0 Å². The maximum atomic E-state index is 8.80. The predicted molar refractivity (Wildman–Crippen MR) is 66.1 cm³/mol. The van der Waals surface area contributed by atoms with Crippen LogP contribution < -0.4 is 5.73 Å². The van der Waals surface area contributed by atoms with Gasteiger partial charge in [-0.3, -0.25) is 0 Å². The molecular formula is C12H19NOS. The maximum absolute atomic E-state index is 8.80. The zero-order valence-electron chi connectivity index (χ0n) is 9.31. The highest BCUT2D eigenvalue weighted by Crippen LogP contribution is 2.25. The van der Waals surface area contributed by atoms with Crippen molar-refractivity contribution in [2.75, 3.05) is 6.61 Å². The summed E-state index contributed by atoms with van der Waals surface area (Å²) < 4.78 is 0. The molecule has 0 radical (unpaired) electrons. The van der Waals surface area contributed by atoms with Crippen molar-refractivity contribution in [2.45, 2.75) is 36.5 Å². The van der Waals surface area contributed by atoms with Gasteiger partial charge in [0.25, 0.3) is 0 Å². The van der Waals surface area contributed by atoms with Gasteiger partial charge in [0.1, 0.15) is 0 Å². The largest absolute Gasteiger partial charge is 0.396 e. The zero-order chi connectivity index (χ0) is 11.3. The van der Waals surface area contributed by atoms with Crippen LogP contribution in [0.25, 0.3) is 0 Å². The molecule has 0 saturated carbocycles. The molecule has 2 atom stereocenters. The molecule has 1 aromatic carbocycles. The Morgan fingerprint density at radius 3 is 2.33 bits per heavy atom. The van der Waals surface area contributed by atoms with Gasteiger partial charge in [-0.05, 0) is 31.0 Å². The first-order chi connectivity index (χ1) is 7.13. The van der Waals surface area contributed by atoms with E-state index in [0.29, 0.717) is 5.25 Å². The molecule has 0 amide bonds. The van der Waals surface area contributed by atoms with E-state index in [1.807, 2.05) is 6.92 Å². The number of thioether (sulfide) groups is 1. The molecule has 15 heavy (non-hydrogen) atoms. The maximum Gasteiger partial charge on any atom is 0.0441 e. The van der Waals surface area contributed by atoms with Crippen LogP contribution in [-0.4, -0.2) is 17.0 Å². The summed E-state index contributed by atoms with van der Waals surface area (Å²) in [5.74, 6) is 0. The third-order valence-corrected chi connectivity index (χ3v) is 3.46. The first kappa shape index (κ1) is 12.6. The SMILES string of the molecule is CC(CCO)Sc1ccc([C@H](C)N)cc1. The number of rotatable bonds is 5. The van der Waals surface area contributed by atoms with Crippen LogP contribution in [0.4, 0.5) is 0 Å². The number of hydrogen-bond donors (Lipinski definition) is 2. The van der Waals surface area contributed by atoms with E-state index in [0.717, 1.165) is 12.0 Å². The molecule has 84 valence electrons. The molecule has 0 aromatic heterocycles. The van der Waals surface area contributed by atoms with E-state index in [4.69, 9.17) is 10.8 Å². The fraction of sp³-hybridized carbons (Fsp3) is 0.500. The lowest BCUT2D eigenvalue weighted by molar-refractivity contribution is 0.289. The summed E-state index contributed by atoms with van der Waals surface area (Å²) in [5.41, 5.74) is 6.93. The Labute approximate surface area is 95.9 Å². The van der Waals surface area contributed by atoms with Crippen LogP contribution in [0.15, 0.2) is 29.2 Å². The molecule has 0 bridgehead atoms. The van der Waals surface area contributed by atoms with Crippen molar-refractivity contribution in [1.29, 1.82) is 0 Å². The second-order valence-electron chi connectivity index (χ2n) is 3.80. The molecule has 1 unspecified atom stereocenters. The Bertz CT molecular complexity index is 284. The van der Waals surface area contributed by atoms with E-state index in [2.05, 4.69) is 31.2 Å². The average Bonchev–Trinajstić information content (AvgIpc) is 2.18. The van der Waals surface area contributed by atoms with Gasteiger partial charge in [0, 0.05) is 22.8 Å². The molecule has 0 fully saturated rings. The van der Waals surface area contributed by atoms with Crippen LogP contribution in [0, 0.1) is 0 Å². The van der Waals surface area contributed by atoms with Gasteiger partial charge in [0.05, 0.1) is 0 Å². The first-order valence-electron chi connectivity index (χ1n) is 5.26. The molecule has 2 nitrogen and oxygen atoms in total. The van der Waals surface area contributed by atoms with Crippen LogP contribution in [0.2, 0.25) is 0 Å². The van der Waals surface area contributed by atoms with E-state index in [9.17, 15) is 0 Å². The van der Waals surface area contributed by atoms with Crippen LogP contribution in [-0.2, 0) is 0 Å². The predicted octanol–water partition coefficient (Wildman–Crippen LogP) is 2.57. The highest BCUT2D eigenvalue weighted by molar-refractivity contribution is 7.99. The minimum atomic E-state index is 0.0962. The van der Waals surface area contributed by atoms with Gasteiger partial charge in [-0.15, -0.1) is 11.8 Å². The van der Waals surface area contributed by atoms with Crippen molar-refractivity contribution in [1.82, 2.24) is 0 Å². The molecule has 0 heterocycles. The summed E-state index contributed by atoms with van der Waals surface area (Å²) in [6.07, 6.45) is 0.833. The number of aliphatic hydroxyl groups excluding tert-OH is 1. The molecule has 0 aliphatic rings. The van der Waals surface area contributed by atoms with E-state index in [1.165, 1.54) is 4.90 Å². The van der Waals surface area contributed by atoms with Crippen molar-refractivity contribution in [3.8, 4) is 0 Å². The number of hydrogen-bond acceptors (Lipinski definition) is 3. The highest BCUT2D eigenvalue weighted by atomic mass is 32.2. The Morgan fingerprint density at radius 1 is 1.27 bits per heavy atom. The quantitative estimate of drug-likeness (QED) is 0.757. The second-order valence-corrected chi connectivity index (χ2v) is 5.31. The fourth-order valence-corrected chi connectivity index (χ4v) is 2.30. The molecule has 3 N–H and O–H groups in total. The molecule has 1 rings (SSSR count). The highest BCUT2D eigenvalue weighted by Gasteiger charge is 2.04. The monoisotopic (exact) mass is 225 g/mol. The molecule has 1 aromatic rings. The van der Waals surface area contributed by atoms with Crippen LogP contribution in [0.1, 0.15) is 31.9 Å². The minimum absolute atomic E-state index is 0.0962. The van der Waals surface area contributed by atoms with Gasteiger partial charge >= 0.3 is 0 Å². The minimum Gasteiger partial charge on any atom is -0.396 e. The Balaban J connectivity index is 2.56. The van der Waals surface area contributed by atoms with Gasteiger partial charge in [0.15, 0.2) is 0 Å². The Hall–Kier alpha value is -0.510. The topological polar surface area (TPSA) is 46.2 Å². The van der Waals surface area contributed by atoms with E-state index in [1.54, 1.807) is 11.8 Å². The van der Waals surface area contributed by atoms with Gasteiger partial charge in [0.2, 0.25) is 0 Å². The normalized spacial score (nSPS) is 14.9. The molecule has 0 aliphatic heterocycles. The lowest BCUT2D eigenvalue weighted by atomic mass is 10.1. The summed E-state index contributed by atoms with van der Waals surface area (Å²) in [6, 6.07) is 8.42. The van der Waals surface area contributed by atoms with Gasteiger partial charge < -0.3 is 10.8 Å². The standard InChI is InChI=1S/C12H19NOS/c1-9(7-8-14)15-12-5-3-11(4-6-12)10(2)13/h3-6,9-10,14H,7-8,13H2,1-2H3/t9?,10-/m0/s1. The van der Waals surface area contributed by atoms with Gasteiger partial charge in [-0.2, -0.15) is 0 Å². The third kappa shape index (κ3) is 4.24. The molecular weight excluding hydrogens is 206 g/mol. The molecule has 0 spiro atoms. The summed E-state index contributed by atoms with van der Waals surface area (Å²) in [7, 11) is 0. The van der Waals surface area contributed by atoms with Crippen LogP contribution >= 0.6 is 11.8 Å². The van der Waals surface area contributed by atoms with Crippen molar-refractivity contribution in [2.24, 2.45) is 5.73 Å². The second kappa shape index (κ2) is 6.16. The van der Waals surface area contributed by atoms with E-state index < -0.39 is 0 Å². The number of nitrogens with two attached hydrogens (primary N) is 1. The average molecular weight is 225 g/mol. The first-order valence-corrected chi connectivity index (χ1v) is 6.14. The summed E-state index contributed by atoms with van der Waals surface area (Å²) in [6.45, 7) is 4.36. The number of aliphatic hydroxyl groups is 1. The molecule has 0 saturated heterocycles. The lowest BCUT2D eigenvalue weighted by Gasteiger charge is -2.10. The van der Waals surface area contributed by atoms with Crippen LogP contribution in [0.3, 0.4) is 0 Å². The van der Waals surface area contributed by atoms with Gasteiger partial charge in [-0.25, -0.2) is 0 Å². The molecule has 0 aliphatic carbocycles. The van der Waals surface area contributed by atoms with E-state index >= 15 is 0 Å². The summed E-state index contributed by atoms with van der Waals surface area (Å²) in [5, 5.41) is 9.26. The van der Waals surface area contributed by atoms with Crippen molar-refractivity contribution < 1.29 is 5.11 Å². The van der Waals surface area contributed by atoms with E-state index in [-0.39, 0.29) is 12.6 Å². The van der Waals surface area contributed by atoms with Gasteiger partial charge in [-0.1, -0.05) is 19.1 Å². The van der Waals surface area contributed by atoms with Crippen molar-refractivity contribution >= 4 is 11.8 Å². The lowest BCUT2D eigenvalue weighted by Crippen LogP contribution is -2.04. The smallest absolute Gasteiger partial charge is 0.0441 e. The Kier molecular flexibility index (Phi) is 5.15. The summed E-state index contributed by atoms with van der Waals surface area (Å²) in [4.78, 5) is 1.24. The fourth-order valence-electron chi connectivity index (χ4n) is 1.32.